The van der Waals surface area contributed by atoms with Crippen LogP contribution in [-0.2, 0) is 0 Å². The highest BCUT2D eigenvalue weighted by molar-refractivity contribution is 4.95. The van der Waals surface area contributed by atoms with Crippen LogP contribution in [0.2, 0.25) is 0 Å². The van der Waals surface area contributed by atoms with Gasteiger partial charge >= 0.3 is 0 Å². The molecule has 11 heavy (non-hydrogen) atoms. The van der Waals surface area contributed by atoms with Crippen LogP contribution in [0, 0.1) is 5.41 Å². The fraction of sp³-hybridized carbons (Fsp3) is 1.00. The second-order valence-corrected chi connectivity index (χ2v) is 3.89. The van der Waals surface area contributed by atoms with Gasteiger partial charge in [-0.2, -0.15) is 0 Å². The summed E-state index contributed by atoms with van der Waals surface area (Å²) in [4.78, 5) is 0. The van der Waals surface area contributed by atoms with Crippen molar-refractivity contribution in [1.82, 2.24) is 5.32 Å². The molecule has 1 aliphatic rings. The van der Waals surface area contributed by atoms with Crippen molar-refractivity contribution in [2.24, 2.45) is 11.1 Å². The Balaban J connectivity index is 2.11. The molecule has 2 heteroatoms. The second kappa shape index (κ2) is 3.55. The van der Waals surface area contributed by atoms with E-state index in [0.717, 1.165) is 13.1 Å². The first-order valence-electron chi connectivity index (χ1n) is 4.66. The van der Waals surface area contributed by atoms with Gasteiger partial charge in [-0.15, -0.1) is 0 Å². The third kappa shape index (κ3) is 2.46. The summed E-state index contributed by atoms with van der Waals surface area (Å²) in [6.07, 6.45) is 3.86. The summed E-state index contributed by atoms with van der Waals surface area (Å²) in [5.74, 6) is 0. The number of nitrogens with one attached hydrogen (secondary N) is 1. The molecule has 0 aromatic heterocycles. The topological polar surface area (TPSA) is 38.0 Å². The molecule has 0 aromatic carbocycles. The van der Waals surface area contributed by atoms with E-state index >= 15 is 0 Å². The Morgan fingerprint density at radius 2 is 2.18 bits per heavy atom. The zero-order chi connectivity index (χ0) is 8.32. The maximum Gasteiger partial charge on any atom is 0.00363 e. The molecule has 66 valence electrons. The van der Waals surface area contributed by atoms with Gasteiger partial charge in [0.05, 0.1) is 0 Å². The average Bonchev–Trinajstić information content (AvgIpc) is 2.81. The first-order valence-corrected chi connectivity index (χ1v) is 4.66. The smallest absolute Gasteiger partial charge is 0.00363 e. The maximum absolute atomic E-state index is 5.66. The number of nitrogens with two attached hydrogens (primary N) is 1. The Morgan fingerprint density at radius 1 is 1.55 bits per heavy atom. The van der Waals surface area contributed by atoms with Gasteiger partial charge in [-0.1, -0.05) is 6.92 Å². The Hall–Kier alpha value is -0.0800. The lowest BCUT2D eigenvalue weighted by molar-refractivity contribution is 0.423. The van der Waals surface area contributed by atoms with Gasteiger partial charge in [0.15, 0.2) is 0 Å². The summed E-state index contributed by atoms with van der Waals surface area (Å²) in [5.41, 5.74) is 6.15. The van der Waals surface area contributed by atoms with E-state index in [9.17, 15) is 0 Å². The minimum Gasteiger partial charge on any atom is -0.330 e. The van der Waals surface area contributed by atoms with Crippen molar-refractivity contribution in [3.8, 4) is 0 Å². The lowest BCUT2D eigenvalue weighted by Crippen LogP contribution is -2.34. The molecule has 0 radical (unpaired) electrons. The molecule has 1 atom stereocenters. The Labute approximate surface area is 69.5 Å². The highest BCUT2D eigenvalue weighted by Gasteiger charge is 2.40. The van der Waals surface area contributed by atoms with Gasteiger partial charge in [0, 0.05) is 12.6 Å². The highest BCUT2D eigenvalue weighted by Crippen LogP contribution is 2.43. The second-order valence-electron chi connectivity index (χ2n) is 3.89. The number of rotatable bonds is 5. The zero-order valence-corrected chi connectivity index (χ0v) is 7.69. The van der Waals surface area contributed by atoms with Gasteiger partial charge in [0.25, 0.3) is 0 Å². The summed E-state index contributed by atoms with van der Waals surface area (Å²) in [5, 5.41) is 3.51. The van der Waals surface area contributed by atoms with Crippen molar-refractivity contribution in [2.45, 2.75) is 39.2 Å². The van der Waals surface area contributed by atoms with Gasteiger partial charge in [0.2, 0.25) is 0 Å². The average molecular weight is 156 g/mol. The standard InChI is InChI=1S/C9H20N2/c1-3-8(2)11-7-9(6-10)4-5-9/h8,11H,3-7,10H2,1-2H3. The van der Waals surface area contributed by atoms with Gasteiger partial charge in [-0.05, 0) is 38.1 Å². The minimum atomic E-state index is 0.490. The molecule has 0 spiro atoms. The highest BCUT2D eigenvalue weighted by atomic mass is 14.9. The summed E-state index contributed by atoms with van der Waals surface area (Å²) in [6, 6.07) is 0.652. The minimum absolute atomic E-state index is 0.490. The van der Waals surface area contributed by atoms with E-state index in [4.69, 9.17) is 5.73 Å². The van der Waals surface area contributed by atoms with Crippen LogP contribution in [0.25, 0.3) is 0 Å². The number of hydrogen-bond donors (Lipinski definition) is 2. The van der Waals surface area contributed by atoms with Crippen LogP contribution < -0.4 is 11.1 Å². The third-order valence-electron chi connectivity index (χ3n) is 2.83. The van der Waals surface area contributed by atoms with E-state index in [1.165, 1.54) is 19.3 Å². The largest absolute Gasteiger partial charge is 0.330 e. The fourth-order valence-corrected chi connectivity index (χ4v) is 1.16. The van der Waals surface area contributed by atoms with Crippen molar-refractivity contribution in [3.05, 3.63) is 0 Å². The summed E-state index contributed by atoms with van der Waals surface area (Å²) in [6.45, 7) is 6.42. The van der Waals surface area contributed by atoms with E-state index in [1.54, 1.807) is 0 Å². The monoisotopic (exact) mass is 156 g/mol. The molecular formula is C9H20N2. The molecule has 1 unspecified atom stereocenters. The van der Waals surface area contributed by atoms with Crippen LogP contribution in [0.5, 0.6) is 0 Å². The molecule has 1 rings (SSSR count). The van der Waals surface area contributed by atoms with Crippen molar-refractivity contribution in [1.29, 1.82) is 0 Å². The summed E-state index contributed by atoms with van der Waals surface area (Å²) >= 11 is 0. The van der Waals surface area contributed by atoms with Crippen LogP contribution in [-0.4, -0.2) is 19.1 Å². The van der Waals surface area contributed by atoms with Crippen molar-refractivity contribution in [3.63, 3.8) is 0 Å². The Kier molecular flexibility index (Phi) is 2.90. The first kappa shape index (κ1) is 9.01. The molecule has 0 saturated heterocycles. The van der Waals surface area contributed by atoms with Crippen molar-refractivity contribution in [2.75, 3.05) is 13.1 Å². The van der Waals surface area contributed by atoms with Crippen LogP contribution in [0.4, 0.5) is 0 Å². The van der Waals surface area contributed by atoms with E-state index in [-0.39, 0.29) is 0 Å². The van der Waals surface area contributed by atoms with Gasteiger partial charge in [-0.25, -0.2) is 0 Å². The van der Waals surface area contributed by atoms with E-state index in [2.05, 4.69) is 19.2 Å². The van der Waals surface area contributed by atoms with Crippen molar-refractivity contribution < 1.29 is 0 Å². The predicted molar refractivity (Wildman–Crippen MR) is 48.5 cm³/mol. The van der Waals surface area contributed by atoms with Gasteiger partial charge in [-0.3, -0.25) is 0 Å². The quantitative estimate of drug-likeness (QED) is 0.626. The molecule has 0 bridgehead atoms. The molecule has 3 N–H and O–H groups in total. The number of hydrogen-bond acceptors (Lipinski definition) is 2. The molecule has 1 aliphatic carbocycles. The van der Waals surface area contributed by atoms with Crippen LogP contribution in [0.1, 0.15) is 33.1 Å². The molecule has 1 saturated carbocycles. The lowest BCUT2D eigenvalue weighted by atomic mass is 10.1. The molecule has 0 amide bonds. The van der Waals surface area contributed by atoms with E-state index < -0.39 is 0 Å². The SMILES string of the molecule is CCC(C)NCC1(CN)CC1. The Bertz CT molecular complexity index is 119. The Morgan fingerprint density at radius 3 is 2.55 bits per heavy atom. The van der Waals surface area contributed by atoms with Crippen LogP contribution in [0.3, 0.4) is 0 Å². The summed E-state index contributed by atoms with van der Waals surface area (Å²) in [7, 11) is 0. The van der Waals surface area contributed by atoms with Gasteiger partial charge in [0.1, 0.15) is 0 Å². The predicted octanol–water partition coefficient (Wildman–Crippen LogP) is 1.11. The van der Waals surface area contributed by atoms with Crippen molar-refractivity contribution >= 4 is 0 Å². The molecule has 2 nitrogen and oxygen atoms in total. The van der Waals surface area contributed by atoms with E-state index in [0.29, 0.717) is 11.5 Å². The van der Waals surface area contributed by atoms with E-state index in [1.807, 2.05) is 0 Å². The fourth-order valence-electron chi connectivity index (χ4n) is 1.16. The first-order chi connectivity index (χ1) is 5.22. The molecular weight excluding hydrogens is 136 g/mol. The molecule has 0 aliphatic heterocycles. The normalized spacial score (nSPS) is 23.2. The summed E-state index contributed by atoms with van der Waals surface area (Å²) < 4.78 is 0. The molecule has 0 aromatic rings. The molecule has 0 heterocycles. The maximum atomic E-state index is 5.66. The third-order valence-corrected chi connectivity index (χ3v) is 2.83. The van der Waals surface area contributed by atoms with Gasteiger partial charge < -0.3 is 11.1 Å². The van der Waals surface area contributed by atoms with Crippen LogP contribution in [0.15, 0.2) is 0 Å². The van der Waals surface area contributed by atoms with Crippen LogP contribution >= 0.6 is 0 Å². The molecule has 1 fully saturated rings. The lowest BCUT2D eigenvalue weighted by Gasteiger charge is -2.17. The zero-order valence-electron chi connectivity index (χ0n) is 7.69.